The van der Waals surface area contributed by atoms with Gasteiger partial charge < -0.3 is 9.47 Å². The maximum Gasteiger partial charge on any atom is 0.243 e. The molecule has 0 bridgehead atoms. The number of ether oxygens (including phenoxy) is 2. The van der Waals surface area contributed by atoms with E-state index in [9.17, 15) is 8.42 Å². The van der Waals surface area contributed by atoms with Crippen LogP contribution in [0.25, 0.3) is 0 Å². The molecule has 1 fully saturated rings. The van der Waals surface area contributed by atoms with E-state index in [1.807, 2.05) is 0 Å². The number of hydrogen-bond acceptors (Lipinski definition) is 4. The lowest BCUT2D eigenvalue weighted by Crippen LogP contribution is -2.39. The second kappa shape index (κ2) is 5.50. The second-order valence-electron chi connectivity index (χ2n) is 5.87. The lowest BCUT2D eigenvalue weighted by Gasteiger charge is -2.31. The number of hydrogen-bond donors (Lipinski definition) is 0. The molecule has 0 amide bonds. The summed E-state index contributed by atoms with van der Waals surface area (Å²) >= 11 is 0. The van der Waals surface area contributed by atoms with Crippen molar-refractivity contribution in [2.45, 2.75) is 31.6 Å². The molecule has 5 nitrogen and oxygen atoms in total. The summed E-state index contributed by atoms with van der Waals surface area (Å²) in [5.41, 5.74) is 0.706. The van der Waals surface area contributed by atoms with Crippen LogP contribution in [0, 0.1) is 12.8 Å². The van der Waals surface area contributed by atoms with Gasteiger partial charge in [-0.25, -0.2) is 8.42 Å². The zero-order chi connectivity index (χ0) is 15.0. The van der Waals surface area contributed by atoms with E-state index in [2.05, 4.69) is 6.92 Å². The summed E-state index contributed by atoms with van der Waals surface area (Å²) in [6, 6.07) is 3.37. The van der Waals surface area contributed by atoms with Crippen LogP contribution in [0.1, 0.15) is 25.3 Å². The Labute approximate surface area is 125 Å². The molecular formula is C15H21NO4S. The predicted octanol–water partition coefficient (Wildman–Crippen LogP) is 2.19. The van der Waals surface area contributed by atoms with Crippen LogP contribution >= 0.6 is 0 Å². The molecule has 0 radical (unpaired) electrons. The van der Waals surface area contributed by atoms with Crippen LogP contribution in [-0.4, -0.2) is 39.0 Å². The summed E-state index contributed by atoms with van der Waals surface area (Å²) < 4.78 is 38.4. The largest absolute Gasteiger partial charge is 0.486 e. The minimum absolute atomic E-state index is 0.334. The summed E-state index contributed by atoms with van der Waals surface area (Å²) in [4.78, 5) is 0.334. The summed E-state index contributed by atoms with van der Waals surface area (Å²) in [6.07, 6.45) is 2.01. The van der Waals surface area contributed by atoms with E-state index < -0.39 is 10.0 Å². The quantitative estimate of drug-likeness (QED) is 0.840. The molecule has 1 aromatic carbocycles. The molecule has 1 saturated heterocycles. The van der Waals surface area contributed by atoms with Gasteiger partial charge in [0.1, 0.15) is 13.2 Å². The Balaban J connectivity index is 1.98. The van der Waals surface area contributed by atoms with Crippen LogP contribution in [0.2, 0.25) is 0 Å². The van der Waals surface area contributed by atoms with Crippen molar-refractivity contribution in [2.24, 2.45) is 5.92 Å². The van der Waals surface area contributed by atoms with Crippen molar-refractivity contribution in [3.05, 3.63) is 17.7 Å². The average Bonchev–Trinajstić information content (AvgIpc) is 2.46. The second-order valence-corrected chi connectivity index (χ2v) is 7.78. The van der Waals surface area contributed by atoms with Gasteiger partial charge in [0.2, 0.25) is 10.0 Å². The monoisotopic (exact) mass is 311 g/mol. The molecule has 1 unspecified atom stereocenters. The number of nitrogens with zero attached hydrogens (tertiary/aromatic N) is 1. The number of aryl methyl sites for hydroxylation is 1. The number of sulfonamides is 1. The van der Waals surface area contributed by atoms with E-state index in [1.54, 1.807) is 23.4 Å². The molecule has 2 aliphatic heterocycles. The Morgan fingerprint density at radius 1 is 1.19 bits per heavy atom. The molecule has 2 aliphatic rings. The number of benzene rings is 1. The first-order valence-corrected chi connectivity index (χ1v) is 8.83. The fourth-order valence-electron chi connectivity index (χ4n) is 2.95. The summed E-state index contributed by atoms with van der Waals surface area (Å²) in [7, 11) is -3.46. The van der Waals surface area contributed by atoms with Crippen LogP contribution in [0.4, 0.5) is 0 Å². The SMILES string of the molecule is Cc1cc2c(cc1S(=O)(=O)N1CCCC(C)C1)OCCO2. The molecule has 0 saturated carbocycles. The Morgan fingerprint density at radius 2 is 1.86 bits per heavy atom. The Morgan fingerprint density at radius 3 is 2.52 bits per heavy atom. The topological polar surface area (TPSA) is 55.8 Å². The van der Waals surface area contributed by atoms with Crippen molar-refractivity contribution in [1.29, 1.82) is 0 Å². The first kappa shape index (κ1) is 14.7. The highest BCUT2D eigenvalue weighted by Gasteiger charge is 2.31. The van der Waals surface area contributed by atoms with Crippen LogP contribution in [-0.2, 0) is 10.0 Å². The van der Waals surface area contributed by atoms with Gasteiger partial charge in [0.15, 0.2) is 11.5 Å². The van der Waals surface area contributed by atoms with Gasteiger partial charge in [-0.1, -0.05) is 6.92 Å². The molecule has 0 aliphatic carbocycles. The lowest BCUT2D eigenvalue weighted by atomic mass is 10.0. The van der Waals surface area contributed by atoms with Gasteiger partial charge >= 0.3 is 0 Å². The van der Waals surface area contributed by atoms with Crippen LogP contribution < -0.4 is 9.47 Å². The van der Waals surface area contributed by atoms with Gasteiger partial charge in [0.25, 0.3) is 0 Å². The minimum Gasteiger partial charge on any atom is -0.486 e. The summed E-state index contributed by atoms with van der Waals surface area (Å²) in [6.45, 7) is 6.05. The fraction of sp³-hybridized carbons (Fsp3) is 0.600. The molecule has 3 rings (SSSR count). The third-order valence-corrected chi connectivity index (χ3v) is 6.08. The maximum atomic E-state index is 12.9. The van der Waals surface area contributed by atoms with E-state index in [-0.39, 0.29) is 0 Å². The number of piperidine rings is 1. The molecular weight excluding hydrogens is 290 g/mol. The number of rotatable bonds is 2. The zero-order valence-corrected chi connectivity index (χ0v) is 13.3. The highest BCUT2D eigenvalue weighted by Crippen LogP contribution is 2.36. The van der Waals surface area contributed by atoms with Crippen molar-refractivity contribution in [3.8, 4) is 11.5 Å². The Bertz CT molecular complexity index is 641. The van der Waals surface area contributed by atoms with Gasteiger partial charge in [0.05, 0.1) is 4.90 Å². The van der Waals surface area contributed by atoms with E-state index in [0.29, 0.717) is 54.2 Å². The molecule has 1 aromatic rings. The van der Waals surface area contributed by atoms with Crippen LogP contribution in [0.3, 0.4) is 0 Å². The fourth-order valence-corrected chi connectivity index (χ4v) is 4.77. The standard InChI is InChI=1S/C15H21NO4S/c1-11-4-3-5-16(10-11)21(17,18)15-9-14-13(8-12(15)2)19-6-7-20-14/h8-9,11H,3-7,10H2,1-2H3. The summed E-state index contributed by atoms with van der Waals surface area (Å²) in [5.74, 6) is 1.56. The van der Waals surface area contributed by atoms with Crippen LogP contribution in [0.5, 0.6) is 11.5 Å². The molecule has 116 valence electrons. The maximum absolute atomic E-state index is 12.9. The molecule has 21 heavy (non-hydrogen) atoms. The molecule has 6 heteroatoms. The van der Waals surface area contributed by atoms with E-state index in [1.165, 1.54) is 0 Å². The lowest BCUT2D eigenvalue weighted by molar-refractivity contribution is 0.171. The van der Waals surface area contributed by atoms with Gasteiger partial charge in [-0.05, 0) is 37.3 Å². The highest BCUT2D eigenvalue weighted by molar-refractivity contribution is 7.89. The Hall–Kier alpha value is -1.27. The third-order valence-electron chi connectivity index (χ3n) is 4.08. The highest BCUT2D eigenvalue weighted by atomic mass is 32.2. The first-order valence-electron chi connectivity index (χ1n) is 7.39. The third kappa shape index (κ3) is 2.74. The van der Waals surface area contributed by atoms with Gasteiger partial charge in [-0.3, -0.25) is 0 Å². The number of fused-ring (bicyclic) bond motifs is 1. The molecule has 0 aromatic heterocycles. The normalized spacial score (nSPS) is 23.0. The van der Waals surface area contributed by atoms with Crippen molar-refractivity contribution >= 4 is 10.0 Å². The van der Waals surface area contributed by atoms with Crippen molar-refractivity contribution in [3.63, 3.8) is 0 Å². The van der Waals surface area contributed by atoms with Gasteiger partial charge in [0, 0.05) is 19.2 Å². The van der Waals surface area contributed by atoms with E-state index >= 15 is 0 Å². The van der Waals surface area contributed by atoms with E-state index in [4.69, 9.17) is 9.47 Å². The minimum atomic E-state index is -3.46. The van der Waals surface area contributed by atoms with Crippen molar-refractivity contribution in [2.75, 3.05) is 26.3 Å². The molecule has 0 spiro atoms. The molecule has 2 heterocycles. The predicted molar refractivity (Wildman–Crippen MR) is 79.3 cm³/mol. The van der Waals surface area contributed by atoms with Gasteiger partial charge in [-0.15, -0.1) is 0 Å². The summed E-state index contributed by atoms with van der Waals surface area (Å²) in [5, 5.41) is 0. The van der Waals surface area contributed by atoms with E-state index in [0.717, 1.165) is 12.8 Å². The molecule has 0 N–H and O–H groups in total. The zero-order valence-electron chi connectivity index (χ0n) is 12.5. The smallest absolute Gasteiger partial charge is 0.243 e. The Kier molecular flexibility index (Phi) is 3.84. The average molecular weight is 311 g/mol. The molecule has 1 atom stereocenters. The van der Waals surface area contributed by atoms with Crippen molar-refractivity contribution < 1.29 is 17.9 Å². The first-order chi connectivity index (χ1) is 9.98. The van der Waals surface area contributed by atoms with Crippen molar-refractivity contribution in [1.82, 2.24) is 4.31 Å². The van der Waals surface area contributed by atoms with Gasteiger partial charge in [-0.2, -0.15) is 4.31 Å². The van der Waals surface area contributed by atoms with Crippen LogP contribution in [0.15, 0.2) is 17.0 Å².